The molecule has 0 heterocycles. The van der Waals surface area contributed by atoms with Gasteiger partial charge in [0.2, 0.25) is 0 Å². The normalized spacial score (nSPS) is 13.6. The first-order valence-electron chi connectivity index (χ1n) is 4.76. The monoisotopic (exact) mass is 200 g/mol. The highest BCUT2D eigenvalue weighted by Crippen LogP contribution is 2.29. The summed E-state index contributed by atoms with van der Waals surface area (Å²) in [5.41, 5.74) is -1.37. The lowest BCUT2D eigenvalue weighted by molar-refractivity contribution is -0.333. The lowest BCUT2D eigenvalue weighted by atomic mass is 9.76. The highest BCUT2D eigenvalue weighted by molar-refractivity contribution is 5.80. The molecule has 0 radical (unpaired) electrons. The number of carboxylic acid groups (broad SMARTS) is 2. The Morgan fingerprint density at radius 3 is 2.07 bits per heavy atom. The minimum atomic E-state index is -1.37. The van der Waals surface area contributed by atoms with Gasteiger partial charge in [-0.15, -0.1) is 0 Å². The van der Waals surface area contributed by atoms with Crippen molar-refractivity contribution in [3.8, 4) is 0 Å². The van der Waals surface area contributed by atoms with Crippen LogP contribution in [0.3, 0.4) is 0 Å². The summed E-state index contributed by atoms with van der Waals surface area (Å²) in [5, 5.41) is 21.5. The van der Waals surface area contributed by atoms with Crippen LogP contribution >= 0.6 is 0 Å². The number of rotatable bonds is 6. The largest absolute Gasteiger partial charge is 0.550 e. The fourth-order valence-electron chi connectivity index (χ4n) is 1.32. The number of aliphatic carboxylic acids is 2. The summed E-state index contributed by atoms with van der Waals surface area (Å²) in [5.74, 6) is -3.64. The average molecular weight is 200 g/mol. The van der Waals surface area contributed by atoms with Crippen LogP contribution in [0.5, 0.6) is 0 Å². The molecule has 0 rings (SSSR count). The van der Waals surface area contributed by atoms with Gasteiger partial charge in [0.25, 0.3) is 0 Å². The zero-order valence-corrected chi connectivity index (χ0v) is 8.83. The van der Waals surface area contributed by atoms with Crippen molar-refractivity contribution in [2.24, 2.45) is 11.3 Å². The summed E-state index contributed by atoms with van der Waals surface area (Å²) in [7, 11) is 0. The van der Waals surface area contributed by atoms with Crippen LogP contribution in [0.4, 0.5) is 0 Å². The lowest BCUT2D eigenvalue weighted by Crippen LogP contribution is -2.49. The summed E-state index contributed by atoms with van der Waals surface area (Å²) >= 11 is 0. The Morgan fingerprint density at radius 2 is 1.79 bits per heavy atom. The first-order chi connectivity index (χ1) is 6.34. The van der Waals surface area contributed by atoms with Gasteiger partial charge in [0.15, 0.2) is 0 Å². The molecule has 82 valence electrons. The van der Waals surface area contributed by atoms with E-state index in [0.717, 1.165) is 6.42 Å². The van der Waals surface area contributed by atoms with Crippen molar-refractivity contribution >= 4 is 11.9 Å². The smallest absolute Gasteiger partial charge is 0.0477 e. The summed E-state index contributed by atoms with van der Waals surface area (Å²) in [6.07, 6.45) is 1.82. The van der Waals surface area contributed by atoms with Gasteiger partial charge < -0.3 is 19.8 Å². The van der Waals surface area contributed by atoms with Crippen molar-refractivity contribution in [3.05, 3.63) is 0 Å². The number of unbranched alkanes of at least 4 members (excludes halogenated alkanes) is 1. The van der Waals surface area contributed by atoms with E-state index in [0.29, 0.717) is 12.8 Å². The lowest BCUT2D eigenvalue weighted by Gasteiger charge is -2.36. The molecule has 0 saturated carbocycles. The Labute approximate surface area is 83.9 Å². The standard InChI is InChI=1S/C10H18O4/c1-4-5-6-7(8(11)12)10(2,3)9(13)14/h7H,4-6H2,1-3H3,(H,11,12)(H,13,14)/p-2. The molecule has 1 unspecified atom stereocenters. The van der Waals surface area contributed by atoms with Gasteiger partial charge in [0, 0.05) is 23.3 Å². The van der Waals surface area contributed by atoms with Crippen LogP contribution in [0.2, 0.25) is 0 Å². The fraction of sp³-hybridized carbons (Fsp3) is 0.800. The molecule has 0 saturated heterocycles. The fourth-order valence-corrected chi connectivity index (χ4v) is 1.32. The summed E-state index contributed by atoms with van der Waals surface area (Å²) in [6, 6.07) is 0. The third-order valence-corrected chi connectivity index (χ3v) is 2.53. The van der Waals surface area contributed by atoms with E-state index in [1.165, 1.54) is 13.8 Å². The summed E-state index contributed by atoms with van der Waals surface area (Å²) in [6.45, 7) is 4.63. The molecule has 4 heteroatoms. The second-order valence-corrected chi connectivity index (χ2v) is 4.02. The van der Waals surface area contributed by atoms with Gasteiger partial charge in [-0.2, -0.15) is 0 Å². The summed E-state index contributed by atoms with van der Waals surface area (Å²) in [4.78, 5) is 21.5. The molecule has 0 fully saturated rings. The van der Waals surface area contributed by atoms with Crippen LogP contribution in [-0.4, -0.2) is 11.9 Å². The van der Waals surface area contributed by atoms with Gasteiger partial charge in [-0.05, 0) is 6.42 Å². The van der Waals surface area contributed by atoms with E-state index in [1.807, 2.05) is 6.92 Å². The molecule has 0 bridgehead atoms. The number of carbonyl (C=O) groups is 2. The first kappa shape index (κ1) is 12.9. The zero-order chi connectivity index (χ0) is 11.4. The van der Waals surface area contributed by atoms with Gasteiger partial charge in [-0.1, -0.05) is 33.6 Å². The van der Waals surface area contributed by atoms with Crippen molar-refractivity contribution in [1.29, 1.82) is 0 Å². The molecule has 0 aliphatic heterocycles. The topological polar surface area (TPSA) is 80.3 Å². The molecule has 0 N–H and O–H groups in total. The summed E-state index contributed by atoms with van der Waals surface area (Å²) < 4.78 is 0. The Morgan fingerprint density at radius 1 is 1.29 bits per heavy atom. The van der Waals surface area contributed by atoms with Gasteiger partial charge >= 0.3 is 0 Å². The van der Waals surface area contributed by atoms with Crippen LogP contribution in [0.1, 0.15) is 40.0 Å². The highest BCUT2D eigenvalue weighted by atomic mass is 16.4. The molecule has 0 aliphatic carbocycles. The Kier molecular flexibility index (Phi) is 4.60. The van der Waals surface area contributed by atoms with Crippen LogP contribution in [0.15, 0.2) is 0 Å². The molecule has 0 aromatic heterocycles. The van der Waals surface area contributed by atoms with Crippen molar-refractivity contribution in [3.63, 3.8) is 0 Å². The molecule has 0 aliphatic rings. The second-order valence-electron chi connectivity index (χ2n) is 4.02. The second kappa shape index (κ2) is 4.98. The average Bonchev–Trinajstić information content (AvgIpc) is 2.03. The highest BCUT2D eigenvalue weighted by Gasteiger charge is 2.31. The molecule has 0 aromatic carbocycles. The minimum Gasteiger partial charge on any atom is -0.550 e. The first-order valence-corrected chi connectivity index (χ1v) is 4.76. The van der Waals surface area contributed by atoms with E-state index in [9.17, 15) is 19.8 Å². The third kappa shape index (κ3) is 3.01. The molecule has 0 amide bonds. The molecule has 0 spiro atoms. The number of hydrogen-bond donors (Lipinski definition) is 0. The van der Waals surface area contributed by atoms with Crippen molar-refractivity contribution in [1.82, 2.24) is 0 Å². The van der Waals surface area contributed by atoms with Gasteiger partial charge in [0.1, 0.15) is 0 Å². The van der Waals surface area contributed by atoms with Crippen molar-refractivity contribution < 1.29 is 19.8 Å². The van der Waals surface area contributed by atoms with E-state index < -0.39 is 23.3 Å². The van der Waals surface area contributed by atoms with E-state index in [1.54, 1.807) is 0 Å². The Hall–Kier alpha value is -1.06. The van der Waals surface area contributed by atoms with Crippen LogP contribution < -0.4 is 10.2 Å². The third-order valence-electron chi connectivity index (χ3n) is 2.53. The van der Waals surface area contributed by atoms with Crippen LogP contribution in [0, 0.1) is 11.3 Å². The maximum atomic E-state index is 10.8. The van der Waals surface area contributed by atoms with E-state index >= 15 is 0 Å². The molecule has 0 aromatic rings. The van der Waals surface area contributed by atoms with E-state index in [4.69, 9.17) is 0 Å². The Balaban J connectivity index is 4.64. The predicted molar refractivity (Wildman–Crippen MR) is 46.8 cm³/mol. The number of carboxylic acids is 2. The van der Waals surface area contributed by atoms with Crippen LogP contribution in [-0.2, 0) is 9.59 Å². The van der Waals surface area contributed by atoms with Crippen molar-refractivity contribution in [2.75, 3.05) is 0 Å². The molecule has 4 nitrogen and oxygen atoms in total. The molecular weight excluding hydrogens is 184 g/mol. The van der Waals surface area contributed by atoms with Gasteiger partial charge in [0.05, 0.1) is 0 Å². The molecule has 14 heavy (non-hydrogen) atoms. The predicted octanol–water partition coefficient (Wildman–Crippen LogP) is -0.681. The van der Waals surface area contributed by atoms with Gasteiger partial charge in [-0.3, -0.25) is 0 Å². The SMILES string of the molecule is CCCCC(C(=O)[O-])C(C)(C)C(=O)[O-]. The quantitative estimate of drug-likeness (QED) is 0.569. The van der Waals surface area contributed by atoms with E-state index in [-0.39, 0.29) is 0 Å². The number of carbonyl (C=O) groups excluding carboxylic acids is 2. The molecule has 1 atom stereocenters. The van der Waals surface area contributed by atoms with Gasteiger partial charge in [-0.25, -0.2) is 0 Å². The van der Waals surface area contributed by atoms with Crippen molar-refractivity contribution in [2.45, 2.75) is 40.0 Å². The maximum Gasteiger partial charge on any atom is 0.0477 e. The minimum absolute atomic E-state index is 0.319. The maximum absolute atomic E-state index is 10.8. The molecular formula is C10H16O4-2. The van der Waals surface area contributed by atoms with Crippen LogP contribution in [0.25, 0.3) is 0 Å². The Bertz CT molecular complexity index is 220. The number of hydrogen-bond acceptors (Lipinski definition) is 4. The zero-order valence-electron chi connectivity index (χ0n) is 8.83. The van der Waals surface area contributed by atoms with E-state index in [2.05, 4.69) is 0 Å².